The molecule has 0 bridgehead atoms. The summed E-state index contributed by atoms with van der Waals surface area (Å²) in [5.74, 6) is -0.595. The number of hydrogen-bond donors (Lipinski definition) is 0. The zero-order valence-electron chi connectivity index (χ0n) is 15.6. The average molecular weight is 378 g/mol. The molecule has 8 nitrogen and oxygen atoms in total. The van der Waals surface area contributed by atoms with Crippen LogP contribution in [0.25, 0.3) is 5.69 Å². The van der Waals surface area contributed by atoms with Gasteiger partial charge in [-0.15, -0.1) is 0 Å². The second kappa shape index (κ2) is 7.43. The molecule has 0 fully saturated rings. The SMILES string of the molecule is Cc1cccc(N(C)C(=O)c2nn(-c3ccccc3[N+](=O)[O-])c(C)cc2=O)c1. The molecule has 3 rings (SSSR count). The van der Waals surface area contributed by atoms with Gasteiger partial charge in [-0.25, -0.2) is 4.68 Å². The minimum Gasteiger partial charge on any atom is -0.310 e. The Balaban J connectivity index is 2.12. The van der Waals surface area contributed by atoms with Crippen LogP contribution < -0.4 is 10.3 Å². The van der Waals surface area contributed by atoms with Crippen LogP contribution in [0.5, 0.6) is 0 Å². The smallest absolute Gasteiger partial charge is 0.294 e. The number of aryl methyl sites for hydroxylation is 2. The largest absolute Gasteiger partial charge is 0.310 e. The van der Waals surface area contributed by atoms with Crippen LogP contribution in [0.2, 0.25) is 0 Å². The third-order valence-corrected chi connectivity index (χ3v) is 4.31. The van der Waals surface area contributed by atoms with E-state index < -0.39 is 16.3 Å². The van der Waals surface area contributed by atoms with Gasteiger partial charge in [-0.1, -0.05) is 24.3 Å². The van der Waals surface area contributed by atoms with Crippen LogP contribution in [0.3, 0.4) is 0 Å². The summed E-state index contributed by atoms with van der Waals surface area (Å²) >= 11 is 0. The molecule has 1 amide bonds. The second-order valence-corrected chi connectivity index (χ2v) is 6.36. The molecular formula is C20H18N4O4. The Labute approximate surface area is 160 Å². The predicted octanol–water partition coefficient (Wildman–Crippen LogP) is 3.03. The number of carbonyl (C=O) groups is 1. The number of nitro benzene ring substituents is 1. The van der Waals surface area contributed by atoms with Crippen LogP contribution in [-0.2, 0) is 0 Å². The summed E-state index contributed by atoms with van der Waals surface area (Å²) < 4.78 is 1.25. The predicted molar refractivity (Wildman–Crippen MR) is 105 cm³/mol. The van der Waals surface area contributed by atoms with Gasteiger partial charge in [0.15, 0.2) is 5.69 Å². The Kier molecular flexibility index (Phi) is 5.04. The number of nitro groups is 1. The maximum atomic E-state index is 12.9. The van der Waals surface area contributed by atoms with Gasteiger partial charge >= 0.3 is 0 Å². The Bertz CT molecular complexity index is 1140. The first-order chi connectivity index (χ1) is 13.3. The molecule has 0 aliphatic rings. The van der Waals surface area contributed by atoms with Gasteiger partial charge in [0.1, 0.15) is 5.69 Å². The van der Waals surface area contributed by atoms with Crippen molar-refractivity contribution in [3.63, 3.8) is 0 Å². The van der Waals surface area contributed by atoms with Gasteiger partial charge in [-0.3, -0.25) is 19.7 Å². The van der Waals surface area contributed by atoms with Crippen LogP contribution in [0.1, 0.15) is 21.7 Å². The quantitative estimate of drug-likeness (QED) is 0.513. The van der Waals surface area contributed by atoms with Crippen molar-refractivity contribution >= 4 is 17.3 Å². The molecule has 2 aromatic carbocycles. The van der Waals surface area contributed by atoms with E-state index in [1.807, 2.05) is 25.1 Å². The summed E-state index contributed by atoms with van der Waals surface area (Å²) in [5.41, 5.74) is 1.11. The molecule has 142 valence electrons. The van der Waals surface area contributed by atoms with Gasteiger partial charge in [-0.05, 0) is 37.6 Å². The number of hydrogen-bond acceptors (Lipinski definition) is 5. The highest BCUT2D eigenvalue weighted by atomic mass is 16.6. The summed E-state index contributed by atoms with van der Waals surface area (Å²) in [4.78, 5) is 37.5. The van der Waals surface area contributed by atoms with E-state index in [4.69, 9.17) is 0 Å². The zero-order valence-corrected chi connectivity index (χ0v) is 15.6. The maximum Gasteiger partial charge on any atom is 0.294 e. The first-order valence-electron chi connectivity index (χ1n) is 8.49. The molecule has 0 unspecified atom stereocenters. The van der Waals surface area contributed by atoms with Crippen molar-refractivity contribution in [1.29, 1.82) is 0 Å². The second-order valence-electron chi connectivity index (χ2n) is 6.36. The molecule has 0 N–H and O–H groups in total. The van der Waals surface area contributed by atoms with Crippen LogP contribution in [0, 0.1) is 24.0 Å². The lowest BCUT2D eigenvalue weighted by Crippen LogP contribution is -2.33. The van der Waals surface area contributed by atoms with E-state index in [0.29, 0.717) is 11.4 Å². The van der Waals surface area contributed by atoms with Crippen LogP contribution in [-0.4, -0.2) is 27.7 Å². The fraction of sp³-hybridized carbons (Fsp3) is 0.150. The Morgan fingerprint density at radius 2 is 1.82 bits per heavy atom. The first kappa shape index (κ1) is 19.0. The van der Waals surface area contributed by atoms with Gasteiger partial charge in [0.2, 0.25) is 5.43 Å². The van der Waals surface area contributed by atoms with Gasteiger partial charge < -0.3 is 4.90 Å². The lowest BCUT2D eigenvalue weighted by molar-refractivity contribution is -0.384. The molecule has 3 aromatic rings. The summed E-state index contributed by atoms with van der Waals surface area (Å²) in [7, 11) is 1.55. The van der Waals surface area contributed by atoms with Crippen LogP contribution in [0.15, 0.2) is 59.4 Å². The van der Waals surface area contributed by atoms with E-state index in [-0.39, 0.29) is 17.1 Å². The number of nitrogens with zero attached hydrogens (tertiary/aromatic N) is 4. The van der Waals surface area contributed by atoms with Gasteiger partial charge in [0, 0.05) is 30.6 Å². The minimum absolute atomic E-state index is 0.174. The van der Waals surface area contributed by atoms with Crippen molar-refractivity contribution in [2.24, 2.45) is 0 Å². The Morgan fingerprint density at radius 1 is 1.11 bits per heavy atom. The van der Waals surface area contributed by atoms with Crippen molar-refractivity contribution in [2.45, 2.75) is 13.8 Å². The lowest BCUT2D eigenvalue weighted by Gasteiger charge is -2.18. The van der Waals surface area contributed by atoms with Crippen LogP contribution >= 0.6 is 0 Å². The highest BCUT2D eigenvalue weighted by molar-refractivity contribution is 6.04. The number of benzene rings is 2. The number of para-hydroxylation sites is 2. The summed E-state index contributed by atoms with van der Waals surface area (Å²) in [6, 6.07) is 14.5. The topological polar surface area (TPSA) is 98.3 Å². The van der Waals surface area contributed by atoms with E-state index in [2.05, 4.69) is 5.10 Å². The van der Waals surface area contributed by atoms with Gasteiger partial charge in [0.05, 0.1) is 4.92 Å². The summed E-state index contributed by atoms with van der Waals surface area (Å²) in [6.07, 6.45) is 0. The number of rotatable bonds is 4. The number of carbonyl (C=O) groups excluding carboxylic acids is 1. The van der Waals surface area contributed by atoms with E-state index in [9.17, 15) is 19.7 Å². The molecule has 0 spiro atoms. The highest BCUT2D eigenvalue weighted by Crippen LogP contribution is 2.22. The average Bonchev–Trinajstić information content (AvgIpc) is 2.67. The van der Waals surface area contributed by atoms with Gasteiger partial charge in [-0.2, -0.15) is 5.10 Å². The number of amides is 1. The number of aromatic nitrogens is 2. The molecular weight excluding hydrogens is 360 g/mol. The fourth-order valence-corrected chi connectivity index (χ4v) is 2.85. The Hall–Kier alpha value is -3.81. The first-order valence-corrected chi connectivity index (χ1v) is 8.49. The van der Waals surface area contributed by atoms with Gasteiger partial charge in [0.25, 0.3) is 11.6 Å². The molecule has 8 heteroatoms. The highest BCUT2D eigenvalue weighted by Gasteiger charge is 2.22. The molecule has 0 saturated carbocycles. The summed E-state index contributed by atoms with van der Waals surface area (Å²) in [5, 5.41) is 15.5. The lowest BCUT2D eigenvalue weighted by atomic mass is 10.2. The van der Waals surface area contributed by atoms with Crippen molar-refractivity contribution in [3.05, 3.63) is 91.9 Å². The van der Waals surface area contributed by atoms with E-state index in [1.54, 1.807) is 26.1 Å². The van der Waals surface area contributed by atoms with Crippen molar-refractivity contribution in [1.82, 2.24) is 9.78 Å². The maximum absolute atomic E-state index is 12.9. The van der Waals surface area contributed by atoms with E-state index >= 15 is 0 Å². The molecule has 0 aliphatic heterocycles. The molecule has 1 aromatic heterocycles. The van der Waals surface area contributed by atoms with Crippen molar-refractivity contribution in [3.8, 4) is 5.69 Å². The molecule has 0 radical (unpaired) electrons. The van der Waals surface area contributed by atoms with E-state index in [0.717, 1.165) is 5.56 Å². The normalized spacial score (nSPS) is 10.5. The molecule has 0 atom stereocenters. The Morgan fingerprint density at radius 3 is 2.50 bits per heavy atom. The standard InChI is InChI=1S/C20H18N4O4/c1-13-7-6-8-15(11-13)22(3)20(26)19-18(25)12-14(2)23(21-19)16-9-4-5-10-17(16)24(27)28/h4-12H,1-3H3. The summed E-state index contributed by atoms with van der Waals surface area (Å²) in [6.45, 7) is 3.50. The molecule has 0 saturated heterocycles. The third-order valence-electron chi connectivity index (χ3n) is 4.31. The third kappa shape index (κ3) is 3.52. The van der Waals surface area contributed by atoms with E-state index in [1.165, 1.54) is 33.8 Å². The van der Waals surface area contributed by atoms with Crippen molar-refractivity contribution < 1.29 is 9.72 Å². The molecule has 0 aliphatic carbocycles. The fourth-order valence-electron chi connectivity index (χ4n) is 2.85. The molecule has 1 heterocycles. The van der Waals surface area contributed by atoms with Crippen LogP contribution in [0.4, 0.5) is 11.4 Å². The van der Waals surface area contributed by atoms with Crippen molar-refractivity contribution in [2.75, 3.05) is 11.9 Å². The minimum atomic E-state index is -0.595. The molecule has 28 heavy (non-hydrogen) atoms. The number of anilines is 1. The monoisotopic (exact) mass is 378 g/mol. The zero-order chi connectivity index (χ0) is 20.4.